The van der Waals surface area contributed by atoms with Crippen LogP contribution in [0.3, 0.4) is 0 Å². The first-order valence-electron chi connectivity index (χ1n) is 17.1. The number of likely N-dealkylation sites (tertiary alicyclic amines) is 1. The molecule has 8 rings (SSSR count). The molecule has 3 fully saturated rings. The van der Waals surface area contributed by atoms with Crippen molar-refractivity contribution in [2.75, 3.05) is 43.9 Å². The van der Waals surface area contributed by atoms with Gasteiger partial charge in [-0.25, -0.2) is 27.5 Å². The predicted octanol–water partition coefficient (Wildman–Crippen LogP) is 7.07. The van der Waals surface area contributed by atoms with Gasteiger partial charge in [0.2, 0.25) is 5.91 Å². The molecule has 1 amide bonds. The third kappa shape index (κ3) is 5.04. The summed E-state index contributed by atoms with van der Waals surface area (Å²) in [6.07, 6.45) is 5.87. The summed E-state index contributed by atoms with van der Waals surface area (Å²) in [7, 11) is 1.94. The van der Waals surface area contributed by atoms with Crippen molar-refractivity contribution >= 4 is 49.1 Å². The number of nitrogens with one attached hydrogen (secondary N) is 1. The third-order valence-corrected chi connectivity index (χ3v) is 12.2. The van der Waals surface area contributed by atoms with E-state index in [-0.39, 0.29) is 23.7 Å². The van der Waals surface area contributed by atoms with Crippen LogP contribution in [0.2, 0.25) is 0 Å². The van der Waals surface area contributed by atoms with Gasteiger partial charge in [-0.15, -0.1) is 11.3 Å². The molecule has 3 N–H and O–H groups in total. The van der Waals surface area contributed by atoms with E-state index in [9.17, 15) is 18.0 Å². The highest BCUT2D eigenvalue weighted by atomic mass is 32.1. The molecule has 4 aliphatic rings. The predicted molar refractivity (Wildman–Crippen MR) is 182 cm³/mol. The van der Waals surface area contributed by atoms with Crippen molar-refractivity contribution in [2.45, 2.75) is 76.2 Å². The van der Waals surface area contributed by atoms with E-state index in [0.717, 1.165) is 56.2 Å². The molecule has 3 unspecified atom stereocenters. The molecule has 4 heterocycles. The summed E-state index contributed by atoms with van der Waals surface area (Å²) in [5.74, 6) is -3.98. The van der Waals surface area contributed by atoms with Crippen molar-refractivity contribution in [1.29, 1.82) is 0 Å². The number of nitrogens with zero attached hydrogens (tertiary/aromatic N) is 4. The quantitative estimate of drug-likeness (QED) is 0.128. The molecule has 1 saturated carbocycles. The van der Waals surface area contributed by atoms with E-state index >= 15 is 4.39 Å². The molecule has 1 spiro atoms. The van der Waals surface area contributed by atoms with Crippen LogP contribution in [-0.4, -0.2) is 65.5 Å². The summed E-state index contributed by atoms with van der Waals surface area (Å²) in [6, 6.07) is 4.97. The number of thiophene rings is 1. The lowest BCUT2D eigenvalue weighted by molar-refractivity contribution is -0.152. The summed E-state index contributed by atoms with van der Waals surface area (Å²) in [4.78, 5) is 26.9. The van der Waals surface area contributed by atoms with Gasteiger partial charge in [-0.1, -0.05) is 25.8 Å². The number of nitrogen functional groups attached to an aromatic ring is 1. The molecule has 3 atom stereocenters. The van der Waals surface area contributed by atoms with E-state index < -0.39 is 29.1 Å². The van der Waals surface area contributed by atoms with Crippen molar-refractivity contribution in [3.05, 3.63) is 46.8 Å². The minimum absolute atomic E-state index is 0.221. The van der Waals surface area contributed by atoms with Crippen LogP contribution < -0.4 is 16.0 Å². The van der Waals surface area contributed by atoms with Gasteiger partial charge in [-0.2, -0.15) is 0 Å². The Bertz CT molecular complexity index is 1960. The molecule has 2 aliphatic carbocycles. The maximum atomic E-state index is 17.0. The van der Waals surface area contributed by atoms with Crippen LogP contribution in [0.15, 0.2) is 18.2 Å². The summed E-state index contributed by atoms with van der Waals surface area (Å²) in [5, 5.41) is 4.95. The summed E-state index contributed by atoms with van der Waals surface area (Å²) in [5.41, 5.74) is 8.64. The van der Waals surface area contributed by atoms with E-state index in [0.29, 0.717) is 75.7 Å². The van der Waals surface area contributed by atoms with Gasteiger partial charge in [0.25, 0.3) is 5.92 Å². The number of benzene rings is 2. The first-order valence-corrected chi connectivity index (χ1v) is 17.9. The number of hydrogen-bond donors (Lipinski definition) is 2. The number of anilines is 2. The zero-order valence-corrected chi connectivity index (χ0v) is 28.1. The minimum Gasteiger partial charge on any atom is -0.390 e. The first-order chi connectivity index (χ1) is 23.0. The SMILES string of the molecule is CNCCCCC(C)Cc1nc(N2CCCC3(CCN3C(=O)C3CC3(F)F)C2)c2cc3c(c(F)c2n1)-c1ccc(F)c2sc(N)c(c12)C3. The van der Waals surface area contributed by atoms with Gasteiger partial charge in [0.15, 0.2) is 5.82 Å². The monoisotopic (exact) mass is 680 g/mol. The fourth-order valence-electron chi connectivity index (χ4n) is 8.38. The average Bonchev–Trinajstić information content (AvgIpc) is 3.57. The van der Waals surface area contributed by atoms with E-state index in [1.807, 2.05) is 13.1 Å². The Balaban J connectivity index is 1.21. The maximum Gasteiger partial charge on any atom is 0.260 e. The highest BCUT2D eigenvalue weighted by molar-refractivity contribution is 7.23. The van der Waals surface area contributed by atoms with Crippen molar-refractivity contribution in [3.8, 4) is 11.1 Å². The van der Waals surface area contributed by atoms with Crippen molar-refractivity contribution in [1.82, 2.24) is 20.2 Å². The molecule has 0 radical (unpaired) electrons. The number of nitrogens with two attached hydrogens (primary N) is 1. The third-order valence-electron chi connectivity index (χ3n) is 11.1. The number of hydrogen-bond acceptors (Lipinski definition) is 7. The number of halogens is 4. The van der Waals surface area contributed by atoms with E-state index in [1.165, 1.54) is 17.4 Å². The number of piperidine rings is 1. The lowest BCUT2D eigenvalue weighted by Gasteiger charge is -2.57. The van der Waals surface area contributed by atoms with Crippen LogP contribution >= 0.6 is 11.3 Å². The molecular formula is C36H40F4N6OS. The van der Waals surface area contributed by atoms with Gasteiger partial charge < -0.3 is 20.9 Å². The van der Waals surface area contributed by atoms with E-state index in [2.05, 4.69) is 17.1 Å². The molecule has 12 heteroatoms. The Morgan fingerprint density at radius 3 is 2.73 bits per heavy atom. The Morgan fingerprint density at radius 1 is 1.19 bits per heavy atom. The average molecular weight is 681 g/mol. The van der Waals surface area contributed by atoms with Crippen LogP contribution in [0.25, 0.3) is 32.1 Å². The van der Waals surface area contributed by atoms with Gasteiger partial charge in [0.1, 0.15) is 28.9 Å². The summed E-state index contributed by atoms with van der Waals surface area (Å²) < 4.78 is 60.2. The first kappa shape index (κ1) is 31.7. The molecule has 2 aromatic carbocycles. The summed E-state index contributed by atoms with van der Waals surface area (Å²) >= 11 is 1.19. The zero-order chi connectivity index (χ0) is 33.5. The van der Waals surface area contributed by atoms with Crippen molar-refractivity contribution < 1.29 is 22.4 Å². The molecule has 2 aromatic heterocycles. The van der Waals surface area contributed by atoms with Crippen LogP contribution in [0, 0.1) is 23.5 Å². The molecule has 2 aliphatic heterocycles. The maximum absolute atomic E-state index is 17.0. The van der Waals surface area contributed by atoms with Crippen LogP contribution in [0.5, 0.6) is 0 Å². The fourth-order valence-corrected chi connectivity index (χ4v) is 9.39. The number of unbranched alkanes of at least 4 members (excludes halogenated alkanes) is 1. The number of amides is 1. The van der Waals surface area contributed by atoms with Gasteiger partial charge in [0.05, 0.1) is 15.2 Å². The molecule has 2 saturated heterocycles. The van der Waals surface area contributed by atoms with Gasteiger partial charge >= 0.3 is 0 Å². The van der Waals surface area contributed by atoms with Crippen molar-refractivity contribution in [3.63, 3.8) is 0 Å². The number of fused-ring (bicyclic) bond motifs is 3. The lowest BCUT2D eigenvalue weighted by Crippen LogP contribution is -2.69. The summed E-state index contributed by atoms with van der Waals surface area (Å²) in [6.45, 7) is 4.67. The number of alkyl halides is 2. The second-order valence-corrected chi connectivity index (χ2v) is 15.5. The van der Waals surface area contributed by atoms with Gasteiger partial charge in [0, 0.05) is 55.2 Å². The van der Waals surface area contributed by atoms with Crippen LogP contribution in [0.4, 0.5) is 28.4 Å². The Labute approximate surface area is 280 Å². The van der Waals surface area contributed by atoms with E-state index in [1.54, 1.807) is 11.0 Å². The highest BCUT2D eigenvalue weighted by Crippen LogP contribution is 2.53. The lowest BCUT2D eigenvalue weighted by atomic mass is 9.77. The molecule has 7 nitrogen and oxygen atoms in total. The molecule has 0 bridgehead atoms. The number of rotatable bonds is 9. The fraction of sp³-hybridized carbons (Fsp3) is 0.528. The number of aromatic nitrogens is 2. The van der Waals surface area contributed by atoms with Crippen molar-refractivity contribution in [2.24, 2.45) is 11.8 Å². The van der Waals surface area contributed by atoms with Crippen LogP contribution in [0.1, 0.15) is 68.8 Å². The minimum atomic E-state index is -2.91. The second-order valence-electron chi connectivity index (χ2n) is 14.4. The van der Waals surface area contributed by atoms with Crippen LogP contribution in [-0.2, 0) is 17.6 Å². The Hall–Kier alpha value is -3.51. The molecule has 48 heavy (non-hydrogen) atoms. The Kier molecular flexibility index (Phi) is 7.63. The molecule has 254 valence electrons. The Morgan fingerprint density at radius 2 is 2.00 bits per heavy atom. The smallest absolute Gasteiger partial charge is 0.260 e. The second kappa shape index (κ2) is 11.5. The highest BCUT2D eigenvalue weighted by Gasteiger charge is 2.65. The van der Waals surface area contributed by atoms with Gasteiger partial charge in [-0.3, -0.25) is 4.79 Å². The number of carbonyl (C=O) groups is 1. The largest absolute Gasteiger partial charge is 0.390 e. The van der Waals surface area contributed by atoms with Gasteiger partial charge in [-0.05, 0) is 74.0 Å². The standard InChI is InChI=1S/C36H40F4N6OS/c1-19(6-3-4-11-42-2)14-26-43-30-23(16-20-15-22-28-21(27(20)29(30)38)7-8-25(37)31(28)48-32(22)41)33(44-26)45-12-5-9-35(18-45)10-13-46(35)34(47)24-17-36(24,39)40/h7-8,16,19,24,42H,3-6,9-15,17-18,41H2,1-2H3. The van der Waals surface area contributed by atoms with E-state index in [4.69, 9.17) is 15.7 Å². The topological polar surface area (TPSA) is 87.4 Å². The zero-order valence-electron chi connectivity index (χ0n) is 27.3. The number of carbonyl (C=O) groups excluding carboxylic acids is 1. The molecule has 4 aromatic rings. The normalized spacial score (nSPS) is 23.1. The molecular weight excluding hydrogens is 640 g/mol.